The number of halogens is 1. The summed E-state index contributed by atoms with van der Waals surface area (Å²) < 4.78 is 15.4. The monoisotopic (exact) mass is 245 g/mol. The van der Waals surface area contributed by atoms with E-state index in [-0.39, 0.29) is 5.82 Å². The molecule has 0 spiro atoms. The Morgan fingerprint density at radius 2 is 2.28 bits per heavy atom. The molecular weight excluding hydrogens is 229 g/mol. The highest BCUT2D eigenvalue weighted by Crippen LogP contribution is 2.20. The quantitative estimate of drug-likeness (QED) is 0.876. The van der Waals surface area contributed by atoms with Gasteiger partial charge in [-0.1, -0.05) is 6.07 Å². The van der Waals surface area contributed by atoms with Crippen LogP contribution in [0.5, 0.6) is 0 Å². The second-order valence-corrected chi connectivity index (χ2v) is 4.78. The molecule has 2 aromatic rings. The Kier molecular flexibility index (Phi) is 3.11. The summed E-state index contributed by atoms with van der Waals surface area (Å²) in [5.41, 5.74) is 1.82. The van der Waals surface area contributed by atoms with Crippen molar-refractivity contribution in [1.29, 1.82) is 0 Å². The van der Waals surface area contributed by atoms with Crippen molar-refractivity contribution < 1.29 is 4.39 Å². The molecule has 94 valence electrons. The third-order valence-corrected chi connectivity index (χ3v) is 3.17. The number of aromatic nitrogens is 2. The largest absolute Gasteiger partial charge is 0.310 e. The zero-order chi connectivity index (χ0) is 12.4. The molecule has 3 nitrogen and oxygen atoms in total. The first-order valence-corrected chi connectivity index (χ1v) is 6.29. The van der Waals surface area contributed by atoms with E-state index in [9.17, 15) is 4.39 Å². The molecule has 0 aliphatic heterocycles. The molecule has 1 N–H and O–H groups in total. The highest BCUT2D eigenvalue weighted by atomic mass is 19.1. The molecule has 0 amide bonds. The molecule has 0 bridgehead atoms. The average molecular weight is 245 g/mol. The molecular formula is C14H16FN3. The molecule has 1 aliphatic rings. The number of hydrogen-bond donors (Lipinski definition) is 1. The van der Waals surface area contributed by atoms with Gasteiger partial charge in [-0.2, -0.15) is 5.10 Å². The summed E-state index contributed by atoms with van der Waals surface area (Å²) in [7, 11) is 0. The lowest BCUT2D eigenvalue weighted by atomic mass is 10.1. The first kappa shape index (κ1) is 11.4. The second-order valence-electron chi connectivity index (χ2n) is 4.78. The van der Waals surface area contributed by atoms with Crippen LogP contribution < -0.4 is 5.32 Å². The van der Waals surface area contributed by atoms with Crippen LogP contribution in [-0.2, 0) is 13.1 Å². The van der Waals surface area contributed by atoms with Gasteiger partial charge in [0.25, 0.3) is 0 Å². The lowest BCUT2D eigenvalue weighted by Crippen LogP contribution is -2.15. The molecule has 0 atom stereocenters. The van der Waals surface area contributed by atoms with Crippen LogP contribution in [0.25, 0.3) is 0 Å². The van der Waals surface area contributed by atoms with Crippen molar-refractivity contribution in [3.05, 3.63) is 53.6 Å². The van der Waals surface area contributed by atoms with Crippen LogP contribution in [0.15, 0.2) is 36.7 Å². The van der Waals surface area contributed by atoms with Crippen molar-refractivity contribution in [2.75, 3.05) is 0 Å². The molecule has 1 fully saturated rings. The highest BCUT2D eigenvalue weighted by Gasteiger charge is 2.20. The van der Waals surface area contributed by atoms with Gasteiger partial charge >= 0.3 is 0 Å². The first-order valence-electron chi connectivity index (χ1n) is 6.29. The van der Waals surface area contributed by atoms with Gasteiger partial charge in [0.1, 0.15) is 5.82 Å². The number of nitrogens with one attached hydrogen (secondary N) is 1. The van der Waals surface area contributed by atoms with E-state index >= 15 is 0 Å². The Morgan fingerprint density at radius 1 is 1.39 bits per heavy atom. The van der Waals surface area contributed by atoms with Crippen molar-refractivity contribution in [2.45, 2.75) is 32.0 Å². The normalized spacial score (nSPS) is 14.9. The fourth-order valence-corrected chi connectivity index (χ4v) is 1.98. The van der Waals surface area contributed by atoms with E-state index in [2.05, 4.69) is 10.4 Å². The predicted octanol–water partition coefficient (Wildman–Crippen LogP) is 2.32. The summed E-state index contributed by atoms with van der Waals surface area (Å²) in [6, 6.07) is 7.83. The minimum atomic E-state index is -0.166. The Balaban J connectivity index is 1.72. The molecule has 1 heterocycles. The van der Waals surface area contributed by atoms with Crippen LogP contribution in [0, 0.1) is 5.82 Å². The minimum Gasteiger partial charge on any atom is -0.310 e. The van der Waals surface area contributed by atoms with Gasteiger partial charge < -0.3 is 5.32 Å². The average Bonchev–Trinajstić information content (AvgIpc) is 3.07. The SMILES string of the molecule is Fc1ccc(CNC2CC2)cc1Cn1cccn1. The van der Waals surface area contributed by atoms with E-state index in [1.54, 1.807) is 16.9 Å². The first-order chi connectivity index (χ1) is 8.81. The predicted molar refractivity (Wildman–Crippen MR) is 67.6 cm³/mol. The van der Waals surface area contributed by atoms with Crippen molar-refractivity contribution in [1.82, 2.24) is 15.1 Å². The van der Waals surface area contributed by atoms with Gasteiger partial charge in [-0.3, -0.25) is 4.68 Å². The van der Waals surface area contributed by atoms with Crippen LogP contribution in [-0.4, -0.2) is 15.8 Å². The minimum absolute atomic E-state index is 0.166. The maximum Gasteiger partial charge on any atom is 0.128 e. The zero-order valence-corrected chi connectivity index (χ0v) is 10.1. The Labute approximate surface area is 106 Å². The van der Waals surface area contributed by atoms with Crippen LogP contribution in [0.4, 0.5) is 4.39 Å². The number of benzene rings is 1. The van der Waals surface area contributed by atoms with Crippen molar-refractivity contribution in [2.24, 2.45) is 0 Å². The Morgan fingerprint density at radius 3 is 3.00 bits per heavy atom. The van der Waals surface area contributed by atoms with Gasteiger partial charge in [-0.05, 0) is 36.6 Å². The van der Waals surface area contributed by atoms with Gasteiger partial charge in [0.2, 0.25) is 0 Å². The molecule has 3 rings (SSSR count). The van der Waals surface area contributed by atoms with Crippen LogP contribution >= 0.6 is 0 Å². The van der Waals surface area contributed by atoms with Gasteiger partial charge in [-0.25, -0.2) is 4.39 Å². The fraction of sp³-hybridized carbons (Fsp3) is 0.357. The number of nitrogens with zero attached hydrogens (tertiary/aromatic N) is 2. The molecule has 1 aliphatic carbocycles. The van der Waals surface area contributed by atoms with Crippen molar-refractivity contribution >= 4 is 0 Å². The van der Waals surface area contributed by atoms with Crippen molar-refractivity contribution in [3.63, 3.8) is 0 Å². The lowest BCUT2D eigenvalue weighted by Gasteiger charge is -2.08. The maximum absolute atomic E-state index is 13.7. The fourth-order valence-electron chi connectivity index (χ4n) is 1.98. The molecule has 1 saturated carbocycles. The van der Waals surface area contributed by atoms with E-state index < -0.39 is 0 Å². The lowest BCUT2D eigenvalue weighted by molar-refractivity contribution is 0.582. The molecule has 18 heavy (non-hydrogen) atoms. The summed E-state index contributed by atoms with van der Waals surface area (Å²) in [4.78, 5) is 0. The van der Waals surface area contributed by atoms with E-state index in [1.807, 2.05) is 24.4 Å². The number of rotatable bonds is 5. The third kappa shape index (κ3) is 2.76. The summed E-state index contributed by atoms with van der Waals surface area (Å²) >= 11 is 0. The van der Waals surface area contributed by atoms with Crippen molar-refractivity contribution in [3.8, 4) is 0 Å². The molecule has 1 aromatic heterocycles. The summed E-state index contributed by atoms with van der Waals surface area (Å²) in [6.07, 6.45) is 6.08. The molecule has 1 aromatic carbocycles. The van der Waals surface area contributed by atoms with Crippen LogP contribution in [0.1, 0.15) is 24.0 Å². The molecule has 0 saturated heterocycles. The van der Waals surface area contributed by atoms with E-state index in [0.717, 1.165) is 12.1 Å². The summed E-state index contributed by atoms with van der Waals surface area (Å²) in [6.45, 7) is 1.30. The molecule has 4 heteroatoms. The third-order valence-electron chi connectivity index (χ3n) is 3.17. The molecule has 0 radical (unpaired) electrons. The van der Waals surface area contributed by atoms with E-state index in [1.165, 1.54) is 12.8 Å². The van der Waals surface area contributed by atoms with E-state index in [0.29, 0.717) is 18.2 Å². The maximum atomic E-state index is 13.7. The topological polar surface area (TPSA) is 29.9 Å². The zero-order valence-electron chi connectivity index (χ0n) is 10.1. The van der Waals surface area contributed by atoms with Gasteiger partial charge in [0, 0.05) is 30.5 Å². The van der Waals surface area contributed by atoms with Crippen LogP contribution in [0.2, 0.25) is 0 Å². The highest BCUT2D eigenvalue weighted by molar-refractivity contribution is 5.25. The molecule has 0 unspecified atom stereocenters. The smallest absolute Gasteiger partial charge is 0.128 e. The summed E-state index contributed by atoms with van der Waals surface area (Å²) in [5.74, 6) is -0.166. The summed E-state index contributed by atoms with van der Waals surface area (Å²) in [5, 5.41) is 7.53. The standard InChI is InChI=1S/C14H16FN3/c15-14-5-2-11(9-16-13-3-4-13)8-12(14)10-18-7-1-6-17-18/h1-2,5-8,13,16H,3-4,9-10H2. The van der Waals surface area contributed by atoms with Gasteiger partial charge in [0.15, 0.2) is 0 Å². The van der Waals surface area contributed by atoms with Gasteiger partial charge in [-0.15, -0.1) is 0 Å². The second kappa shape index (κ2) is 4.90. The van der Waals surface area contributed by atoms with Gasteiger partial charge in [0.05, 0.1) is 6.54 Å². The van der Waals surface area contributed by atoms with E-state index in [4.69, 9.17) is 0 Å². The number of hydrogen-bond acceptors (Lipinski definition) is 2. The van der Waals surface area contributed by atoms with Crippen LogP contribution in [0.3, 0.4) is 0 Å². The Hall–Kier alpha value is -1.68. The Bertz CT molecular complexity index is 518.